The Morgan fingerprint density at radius 1 is 1.50 bits per heavy atom. The maximum Gasteiger partial charge on any atom is 0.327 e. The number of hydrogen-bond acceptors (Lipinski definition) is 3. The summed E-state index contributed by atoms with van der Waals surface area (Å²) in [5, 5.41) is 4.02. The fraction of sp³-hybridized carbons (Fsp3) is 0.364. The molecule has 0 radical (unpaired) electrons. The fourth-order valence-corrected chi connectivity index (χ4v) is 1.79. The number of carbonyl (C=O) groups is 1. The highest BCUT2D eigenvalue weighted by atomic mass is 35.5. The van der Waals surface area contributed by atoms with Gasteiger partial charge in [-0.3, -0.25) is 0 Å². The van der Waals surface area contributed by atoms with E-state index in [1.165, 1.54) is 7.11 Å². The van der Waals surface area contributed by atoms with E-state index in [0.717, 1.165) is 0 Å². The predicted octanol–water partition coefficient (Wildman–Crippen LogP) is 2.82. The maximum absolute atomic E-state index is 11.6. The Morgan fingerprint density at radius 3 is 2.75 bits per heavy atom. The Bertz CT molecular complexity index is 382. The van der Waals surface area contributed by atoms with E-state index >= 15 is 0 Å². The fourth-order valence-electron chi connectivity index (χ4n) is 1.38. The van der Waals surface area contributed by atoms with Crippen LogP contribution in [0.3, 0.4) is 0 Å². The molecule has 88 valence electrons. The van der Waals surface area contributed by atoms with Gasteiger partial charge in [0, 0.05) is 15.6 Å². The lowest BCUT2D eigenvalue weighted by Gasteiger charge is -2.17. The third kappa shape index (κ3) is 3.11. The van der Waals surface area contributed by atoms with Gasteiger partial charge in [0.15, 0.2) is 0 Å². The molecule has 1 unspecified atom stereocenters. The molecule has 3 nitrogen and oxygen atoms in total. The molecule has 0 saturated carbocycles. The lowest BCUT2D eigenvalue weighted by atomic mass is 10.1. The van der Waals surface area contributed by atoms with Crippen LogP contribution in [0.25, 0.3) is 0 Å². The van der Waals surface area contributed by atoms with Crippen molar-refractivity contribution in [1.29, 1.82) is 0 Å². The van der Waals surface area contributed by atoms with Crippen molar-refractivity contribution in [3.05, 3.63) is 33.8 Å². The molecule has 1 rings (SSSR count). The lowest BCUT2D eigenvalue weighted by Crippen LogP contribution is -2.29. The second-order valence-corrected chi connectivity index (χ2v) is 4.02. The molecule has 1 atom stereocenters. The van der Waals surface area contributed by atoms with Gasteiger partial charge in [-0.2, -0.15) is 0 Å². The third-order valence-corrected chi connectivity index (χ3v) is 2.69. The van der Waals surface area contributed by atoms with Gasteiger partial charge < -0.3 is 10.1 Å². The summed E-state index contributed by atoms with van der Waals surface area (Å²) in [7, 11) is 1.34. The minimum Gasteiger partial charge on any atom is -0.468 e. The lowest BCUT2D eigenvalue weighted by molar-refractivity contribution is -0.143. The van der Waals surface area contributed by atoms with Crippen LogP contribution in [0.4, 0.5) is 0 Å². The molecule has 0 heterocycles. The zero-order chi connectivity index (χ0) is 12.1. The highest BCUT2D eigenvalue weighted by Gasteiger charge is 2.22. The van der Waals surface area contributed by atoms with E-state index < -0.39 is 6.04 Å². The van der Waals surface area contributed by atoms with Crippen molar-refractivity contribution in [2.45, 2.75) is 13.0 Å². The second kappa shape index (κ2) is 6.09. The largest absolute Gasteiger partial charge is 0.468 e. The number of hydrogen-bond donors (Lipinski definition) is 1. The quantitative estimate of drug-likeness (QED) is 0.848. The molecule has 1 aromatic rings. The van der Waals surface area contributed by atoms with Crippen molar-refractivity contribution >= 4 is 29.2 Å². The Labute approximate surface area is 105 Å². The number of likely N-dealkylation sites (N-methyl/N-ethyl adjacent to an activating group) is 1. The topological polar surface area (TPSA) is 38.3 Å². The molecule has 5 heteroatoms. The first-order valence-electron chi connectivity index (χ1n) is 4.86. The number of halogens is 2. The molecular weight excluding hydrogens is 249 g/mol. The molecule has 0 amide bonds. The standard InChI is InChI=1S/C11H13Cl2NO2/c1-3-14-10(11(15)16-2)8-6-7(12)4-5-9(8)13/h4-6,10,14H,3H2,1-2H3. The van der Waals surface area contributed by atoms with Gasteiger partial charge in [-0.05, 0) is 24.7 Å². The number of benzene rings is 1. The van der Waals surface area contributed by atoms with Gasteiger partial charge in [0.25, 0.3) is 0 Å². The van der Waals surface area contributed by atoms with Crippen molar-refractivity contribution in [3.63, 3.8) is 0 Å². The summed E-state index contributed by atoms with van der Waals surface area (Å²) in [6, 6.07) is 4.41. The summed E-state index contributed by atoms with van der Waals surface area (Å²) in [6.45, 7) is 2.52. The van der Waals surface area contributed by atoms with Gasteiger partial charge in [0.05, 0.1) is 7.11 Å². The van der Waals surface area contributed by atoms with E-state index in [1.807, 2.05) is 6.92 Å². The Morgan fingerprint density at radius 2 is 2.19 bits per heavy atom. The molecule has 0 bridgehead atoms. The first kappa shape index (κ1) is 13.3. The van der Waals surface area contributed by atoms with E-state index in [4.69, 9.17) is 27.9 Å². The zero-order valence-electron chi connectivity index (χ0n) is 9.09. The summed E-state index contributed by atoms with van der Waals surface area (Å²) in [4.78, 5) is 11.6. The van der Waals surface area contributed by atoms with Crippen molar-refractivity contribution < 1.29 is 9.53 Å². The van der Waals surface area contributed by atoms with E-state index in [-0.39, 0.29) is 5.97 Å². The molecule has 0 aliphatic heterocycles. The van der Waals surface area contributed by atoms with Crippen LogP contribution in [0.15, 0.2) is 18.2 Å². The van der Waals surface area contributed by atoms with Gasteiger partial charge >= 0.3 is 5.97 Å². The average molecular weight is 262 g/mol. The monoisotopic (exact) mass is 261 g/mol. The molecule has 0 aliphatic carbocycles. The van der Waals surface area contributed by atoms with Crippen LogP contribution in [0, 0.1) is 0 Å². The Hall–Kier alpha value is -0.770. The SMILES string of the molecule is CCNC(C(=O)OC)c1cc(Cl)ccc1Cl. The Kier molecular flexibility index (Phi) is 5.06. The van der Waals surface area contributed by atoms with E-state index in [0.29, 0.717) is 22.2 Å². The molecular formula is C11H13Cl2NO2. The highest BCUT2D eigenvalue weighted by Crippen LogP contribution is 2.27. The van der Waals surface area contributed by atoms with E-state index in [1.54, 1.807) is 18.2 Å². The number of rotatable bonds is 4. The normalized spacial score (nSPS) is 12.2. The highest BCUT2D eigenvalue weighted by molar-refractivity contribution is 6.33. The van der Waals surface area contributed by atoms with Crippen molar-refractivity contribution in [1.82, 2.24) is 5.32 Å². The number of esters is 1. The third-order valence-electron chi connectivity index (χ3n) is 2.11. The van der Waals surface area contributed by atoms with Gasteiger partial charge in [0.1, 0.15) is 6.04 Å². The minimum atomic E-state index is -0.582. The van der Waals surface area contributed by atoms with Crippen LogP contribution >= 0.6 is 23.2 Å². The molecule has 1 N–H and O–H groups in total. The summed E-state index contributed by atoms with van der Waals surface area (Å²) in [5.41, 5.74) is 0.628. The number of methoxy groups -OCH3 is 1. The zero-order valence-corrected chi connectivity index (χ0v) is 10.6. The first-order chi connectivity index (χ1) is 7.60. The molecule has 1 aromatic carbocycles. The molecule has 0 spiro atoms. The van der Waals surface area contributed by atoms with Crippen LogP contribution in [-0.2, 0) is 9.53 Å². The smallest absolute Gasteiger partial charge is 0.327 e. The van der Waals surface area contributed by atoms with Crippen molar-refractivity contribution in [2.75, 3.05) is 13.7 Å². The van der Waals surface area contributed by atoms with Crippen LogP contribution < -0.4 is 5.32 Å². The molecule has 0 saturated heterocycles. The number of ether oxygens (including phenoxy) is 1. The molecule has 0 aliphatic rings. The second-order valence-electron chi connectivity index (χ2n) is 3.18. The van der Waals surface area contributed by atoms with Crippen LogP contribution in [0.5, 0.6) is 0 Å². The molecule has 0 aromatic heterocycles. The maximum atomic E-state index is 11.6. The summed E-state index contributed by atoms with van der Waals surface area (Å²) in [5.74, 6) is -0.383. The first-order valence-corrected chi connectivity index (χ1v) is 5.62. The Balaban J connectivity index is 3.09. The average Bonchev–Trinajstić information content (AvgIpc) is 2.28. The van der Waals surface area contributed by atoms with Crippen LogP contribution in [0.1, 0.15) is 18.5 Å². The van der Waals surface area contributed by atoms with E-state index in [9.17, 15) is 4.79 Å². The summed E-state index contributed by atoms with van der Waals surface area (Å²) >= 11 is 11.9. The van der Waals surface area contributed by atoms with Crippen molar-refractivity contribution in [3.8, 4) is 0 Å². The van der Waals surface area contributed by atoms with E-state index in [2.05, 4.69) is 5.32 Å². The minimum absolute atomic E-state index is 0.383. The van der Waals surface area contributed by atoms with Gasteiger partial charge in [0.2, 0.25) is 0 Å². The summed E-state index contributed by atoms with van der Waals surface area (Å²) < 4.78 is 4.71. The van der Waals surface area contributed by atoms with Crippen LogP contribution in [0.2, 0.25) is 10.0 Å². The molecule has 0 fully saturated rings. The van der Waals surface area contributed by atoms with Crippen LogP contribution in [-0.4, -0.2) is 19.6 Å². The number of carbonyl (C=O) groups excluding carboxylic acids is 1. The predicted molar refractivity (Wildman–Crippen MR) is 64.9 cm³/mol. The van der Waals surface area contributed by atoms with Gasteiger partial charge in [-0.15, -0.1) is 0 Å². The van der Waals surface area contributed by atoms with Gasteiger partial charge in [-0.25, -0.2) is 4.79 Å². The summed E-state index contributed by atoms with van der Waals surface area (Å²) in [6.07, 6.45) is 0. The van der Waals surface area contributed by atoms with Gasteiger partial charge in [-0.1, -0.05) is 30.1 Å². The molecule has 16 heavy (non-hydrogen) atoms. The van der Waals surface area contributed by atoms with Crippen molar-refractivity contribution in [2.24, 2.45) is 0 Å². The number of nitrogens with one attached hydrogen (secondary N) is 1.